The van der Waals surface area contributed by atoms with Crippen molar-refractivity contribution in [3.8, 4) is 0 Å². The van der Waals surface area contributed by atoms with Crippen molar-refractivity contribution in [2.45, 2.75) is 64.7 Å². The molecule has 1 rings (SSSR count). The van der Waals surface area contributed by atoms with E-state index in [1.807, 2.05) is 13.8 Å². The first-order valence-corrected chi connectivity index (χ1v) is 7.14. The van der Waals surface area contributed by atoms with E-state index in [0.717, 1.165) is 0 Å². The van der Waals surface area contributed by atoms with E-state index in [0.29, 0.717) is 6.42 Å². The number of carbonyl (C=O) groups is 2. The Bertz CT molecular complexity index is 406. The third-order valence-electron chi connectivity index (χ3n) is 3.46. The van der Waals surface area contributed by atoms with Crippen LogP contribution in [0.1, 0.15) is 47.0 Å². The van der Waals surface area contributed by atoms with Crippen molar-refractivity contribution < 1.29 is 22.8 Å². The molecule has 7 heteroatoms. The number of hydrogen-bond donors (Lipinski definition) is 1. The number of nitrogens with zero attached hydrogens (tertiary/aromatic N) is 1. The number of halogens is 3. The fourth-order valence-electron chi connectivity index (χ4n) is 2.47. The quantitative estimate of drug-likeness (QED) is 0.848. The summed E-state index contributed by atoms with van der Waals surface area (Å²) in [6.07, 6.45) is -4.94. The average molecular weight is 308 g/mol. The minimum atomic E-state index is -4.25. The molecule has 0 aliphatic carbocycles. The molecular weight excluding hydrogens is 285 g/mol. The van der Waals surface area contributed by atoms with Crippen molar-refractivity contribution in [1.82, 2.24) is 10.2 Å². The molecule has 1 aliphatic rings. The Labute approximate surface area is 123 Å². The summed E-state index contributed by atoms with van der Waals surface area (Å²) in [4.78, 5) is 25.8. The molecular formula is C14H23F3N2O2. The molecule has 1 N–H and O–H groups in total. The van der Waals surface area contributed by atoms with Crippen molar-refractivity contribution in [1.29, 1.82) is 0 Å². The monoisotopic (exact) mass is 308 g/mol. The van der Waals surface area contributed by atoms with Gasteiger partial charge in [-0.15, -0.1) is 0 Å². The largest absolute Gasteiger partial charge is 0.389 e. The summed E-state index contributed by atoms with van der Waals surface area (Å²) in [5, 5.41) is 2.65. The summed E-state index contributed by atoms with van der Waals surface area (Å²) in [6, 6.07) is -0.682. The van der Waals surface area contributed by atoms with Crippen molar-refractivity contribution in [3.05, 3.63) is 0 Å². The molecule has 1 aliphatic heterocycles. The van der Waals surface area contributed by atoms with Gasteiger partial charge in [0.15, 0.2) is 0 Å². The lowest BCUT2D eigenvalue weighted by molar-refractivity contribution is -0.156. The van der Waals surface area contributed by atoms with Crippen LogP contribution in [0.4, 0.5) is 13.2 Å². The average Bonchev–Trinajstić information content (AvgIpc) is 2.27. The molecule has 0 aromatic rings. The second-order valence-corrected chi connectivity index (χ2v) is 6.48. The van der Waals surface area contributed by atoms with E-state index in [-0.39, 0.29) is 30.7 Å². The summed E-state index contributed by atoms with van der Waals surface area (Å²) < 4.78 is 36.8. The molecule has 1 unspecified atom stereocenters. The normalized spacial score (nSPS) is 22.7. The lowest BCUT2D eigenvalue weighted by atomic mass is 9.92. The van der Waals surface area contributed by atoms with Crippen LogP contribution < -0.4 is 5.32 Å². The van der Waals surface area contributed by atoms with E-state index < -0.39 is 24.2 Å². The third-order valence-corrected chi connectivity index (χ3v) is 3.46. The van der Waals surface area contributed by atoms with Gasteiger partial charge in [0.05, 0.1) is 0 Å². The Kier molecular flexibility index (Phi) is 5.28. The predicted molar refractivity (Wildman–Crippen MR) is 72.5 cm³/mol. The van der Waals surface area contributed by atoms with Crippen molar-refractivity contribution >= 4 is 11.8 Å². The summed E-state index contributed by atoms with van der Waals surface area (Å²) >= 11 is 0. The van der Waals surface area contributed by atoms with Crippen LogP contribution in [0, 0.1) is 5.92 Å². The summed E-state index contributed by atoms with van der Waals surface area (Å²) in [5.41, 5.74) is -1.07. The van der Waals surface area contributed by atoms with E-state index in [9.17, 15) is 22.8 Å². The van der Waals surface area contributed by atoms with Crippen LogP contribution in [0.25, 0.3) is 0 Å². The maximum absolute atomic E-state index is 12.4. The van der Waals surface area contributed by atoms with Gasteiger partial charge in [-0.1, -0.05) is 13.8 Å². The minimum Gasteiger partial charge on any atom is -0.340 e. The summed E-state index contributed by atoms with van der Waals surface area (Å²) in [5.74, 6) is -0.449. The number of rotatable bonds is 5. The van der Waals surface area contributed by atoms with E-state index in [1.54, 1.807) is 13.8 Å². The number of carbonyl (C=O) groups excluding carboxylic acids is 2. The molecule has 1 saturated heterocycles. The zero-order valence-corrected chi connectivity index (χ0v) is 12.9. The van der Waals surface area contributed by atoms with Gasteiger partial charge in [0, 0.05) is 13.0 Å². The van der Waals surface area contributed by atoms with Crippen molar-refractivity contribution in [2.75, 3.05) is 6.54 Å². The second kappa shape index (κ2) is 6.23. The van der Waals surface area contributed by atoms with E-state index in [4.69, 9.17) is 0 Å². The second-order valence-electron chi connectivity index (χ2n) is 6.48. The molecule has 0 bridgehead atoms. The van der Waals surface area contributed by atoms with Crippen LogP contribution in [0.5, 0.6) is 0 Å². The Morgan fingerprint density at radius 2 is 1.86 bits per heavy atom. The Morgan fingerprint density at radius 3 is 2.33 bits per heavy atom. The smallest absolute Gasteiger partial charge is 0.340 e. The molecule has 0 spiro atoms. The first-order valence-electron chi connectivity index (χ1n) is 7.14. The predicted octanol–water partition coefficient (Wildman–Crippen LogP) is 2.48. The van der Waals surface area contributed by atoms with Crippen LogP contribution in [0.2, 0.25) is 0 Å². The highest BCUT2D eigenvalue weighted by Crippen LogP contribution is 2.25. The van der Waals surface area contributed by atoms with E-state index in [1.165, 1.54) is 4.90 Å². The highest BCUT2D eigenvalue weighted by molar-refractivity contribution is 5.99. The first kappa shape index (κ1) is 17.8. The number of nitrogens with one attached hydrogen (secondary N) is 1. The standard InChI is InChI=1S/C14H23F3N2O2/c1-9(2)8-10-11(20)18-13(3,4)12(21)19(10)7-5-6-14(15,16)17/h9-10H,5-8H2,1-4H3,(H,18,20). The summed E-state index contributed by atoms with van der Waals surface area (Å²) in [7, 11) is 0. The molecule has 21 heavy (non-hydrogen) atoms. The fraction of sp³-hybridized carbons (Fsp3) is 0.857. The molecule has 0 saturated carbocycles. The zero-order valence-electron chi connectivity index (χ0n) is 12.9. The van der Waals surface area contributed by atoms with E-state index >= 15 is 0 Å². The number of alkyl halides is 3. The number of piperazine rings is 1. The van der Waals surface area contributed by atoms with Gasteiger partial charge >= 0.3 is 6.18 Å². The molecule has 4 nitrogen and oxygen atoms in total. The van der Waals surface area contributed by atoms with Gasteiger partial charge in [-0.3, -0.25) is 9.59 Å². The molecule has 0 aromatic heterocycles. The SMILES string of the molecule is CC(C)CC1C(=O)NC(C)(C)C(=O)N1CCCC(F)(F)F. The van der Waals surface area contributed by atoms with Crippen LogP contribution in [-0.2, 0) is 9.59 Å². The zero-order chi connectivity index (χ0) is 16.4. The molecule has 122 valence electrons. The maximum Gasteiger partial charge on any atom is 0.389 e. The molecule has 0 aromatic carbocycles. The van der Waals surface area contributed by atoms with Gasteiger partial charge in [-0.25, -0.2) is 0 Å². The first-order chi connectivity index (χ1) is 9.44. The highest BCUT2D eigenvalue weighted by atomic mass is 19.4. The highest BCUT2D eigenvalue weighted by Gasteiger charge is 2.45. The van der Waals surface area contributed by atoms with Gasteiger partial charge in [0.2, 0.25) is 11.8 Å². The van der Waals surface area contributed by atoms with E-state index in [2.05, 4.69) is 5.32 Å². The number of amides is 2. The van der Waals surface area contributed by atoms with Gasteiger partial charge in [-0.2, -0.15) is 13.2 Å². The Morgan fingerprint density at radius 1 is 1.29 bits per heavy atom. The molecule has 2 amide bonds. The number of hydrogen-bond acceptors (Lipinski definition) is 2. The Balaban J connectivity index is 2.84. The van der Waals surface area contributed by atoms with Crippen LogP contribution >= 0.6 is 0 Å². The van der Waals surface area contributed by atoms with Gasteiger partial charge in [-0.05, 0) is 32.6 Å². The lowest BCUT2D eigenvalue weighted by Crippen LogP contribution is -2.68. The van der Waals surface area contributed by atoms with Crippen molar-refractivity contribution in [2.24, 2.45) is 5.92 Å². The van der Waals surface area contributed by atoms with Crippen LogP contribution in [0.15, 0.2) is 0 Å². The fourth-order valence-corrected chi connectivity index (χ4v) is 2.47. The molecule has 0 radical (unpaired) electrons. The minimum absolute atomic E-state index is 0.0490. The third kappa shape index (κ3) is 4.89. The maximum atomic E-state index is 12.4. The molecule has 1 atom stereocenters. The van der Waals surface area contributed by atoms with Crippen LogP contribution in [0.3, 0.4) is 0 Å². The lowest BCUT2D eigenvalue weighted by Gasteiger charge is -2.43. The topological polar surface area (TPSA) is 49.4 Å². The summed E-state index contributed by atoms with van der Waals surface area (Å²) in [6.45, 7) is 6.90. The van der Waals surface area contributed by atoms with Crippen molar-refractivity contribution in [3.63, 3.8) is 0 Å². The Hall–Kier alpha value is -1.27. The molecule has 1 fully saturated rings. The van der Waals surface area contributed by atoms with Gasteiger partial charge in [0.25, 0.3) is 0 Å². The van der Waals surface area contributed by atoms with Gasteiger partial charge < -0.3 is 10.2 Å². The van der Waals surface area contributed by atoms with Crippen LogP contribution in [-0.4, -0.2) is 41.0 Å². The van der Waals surface area contributed by atoms with Gasteiger partial charge in [0.1, 0.15) is 11.6 Å². The molecule has 1 heterocycles.